The number of sulfone groups is 1. The summed E-state index contributed by atoms with van der Waals surface area (Å²) >= 11 is 9.41. The highest BCUT2D eigenvalue weighted by atomic mass is 79.9. The maximum absolute atomic E-state index is 13.0. The minimum Gasteiger partial charge on any atom is -0.423 e. The third-order valence-corrected chi connectivity index (χ3v) is 6.29. The number of benzene rings is 1. The van der Waals surface area contributed by atoms with Crippen molar-refractivity contribution >= 4 is 54.0 Å². The van der Waals surface area contributed by atoms with E-state index in [-0.39, 0.29) is 27.8 Å². The summed E-state index contributed by atoms with van der Waals surface area (Å²) in [5.74, 6) is -1.48. The van der Waals surface area contributed by atoms with E-state index >= 15 is 0 Å². The molecule has 2 aromatic rings. The number of ether oxygens (including phenoxy) is 1. The number of hydrogen-bond donors (Lipinski definition) is 0. The molecule has 0 radical (unpaired) electrons. The quantitative estimate of drug-likeness (QED) is 0.651. The molecule has 1 aliphatic heterocycles. The SMILES string of the molecule is CC(C)C(=O)OC1=C(c2cc(Cl)ccc2Br)S(=O)(=O)Cc2nccnc21. The Hall–Kier alpha value is -1.77. The summed E-state index contributed by atoms with van der Waals surface area (Å²) in [5.41, 5.74) is 0.777. The van der Waals surface area contributed by atoms with Gasteiger partial charge >= 0.3 is 5.97 Å². The summed E-state index contributed by atoms with van der Waals surface area (Å²) in [6.45, 7) is 3.32. The van der Waals surface area contributed by atoms with Crippen molar-refractivity contribution in [2.24, 2.45) is 5.92 Å². The van der Waals surface area contributed by atoms with Crippen molar-refractivity contribution in [3.63, 3.8) is 0 Å². The summed E-state index contributed by atoms with van der Waals surface area (Å²) in [4.78, 5) is 20.4. The van der Waals surface area contributed by atoms with E-state index in [1.54, 1.807) is 26.0 Å². The number of nitrogens with zero attached hydrogens (tertiary/aromatic N) is 2. The molecular weight excluding hydrogens is 444 g/mol. The van der Waals surface area contributed by atoms with Gasteiger partial charge in [0.25, 0.3) is 0 Å². The topological polar surface area (TPSA) is 86.2 Å². The monoisotopic (exact) mass is 456 g/mol. The molecule has 0 unspecified atom stereocenters. The second-order valence-electron chi connectivity index (χ2n) is 5.97. The number of carbonyl (C=O) groups excluding carboxylic acids is 1. The van der Waals surface area contributed by atoms with Gasteiger partial charge in [-0.05, 0) is 18.2 Å². The lowest BCUT2D eigenvalue weighted by atomic mass is 10.1. The second-order valence-corrected chi connectivity index (χ2v) is 9.19. The van der Waals surface area contributed by atoms with Gasteiger partial charge in [0, 0.05) is 27.5 Å². The molecular formula is C17H14BrClN2O4S. The fraction of sp³-hybridized carbons (Fsp3) is 0.235. The van der Waals surface area contributed by atoms with Gasteiger partial charge in [-0.15, -0.1) is 0 Å². The van der Waals surface area contributed by atoms with Crippen LogP contribution in [0.4, 0.5) is 0 Å². The number of aromatic nitrogens is 2. The van der Waals surface area contributed by atoms with Crippen molar-refractivity contribution in [1.82, 2.24) is 9.97 Å². The van der Waals surface area contributed by atoms with Gasteiger partial charge in [-0.1, -0.05) is 41.4 Å². The number of fused-ring (bicyclic) bond motifs is 1. The van der Waals surface area contributed by atoms with Crippen LogP contribution in [0.5, 0.6) is 0 Å². The van der Waals surface area contributed by atoms with Gasteiger partial charge in [-0.25, -0.2) is 13.4 Å². The van der Waals surface area contributed by atoms with Crippen LogP contribution in [0.25, 0.3) is 10.7 Å². The van der Waals surface area contributed by atoms with Crippen LogP contribution in [0.1, 0.15) is 30.8 Å². The molecule has 9 heteroatoms. The number of esters is 1. The van der Waals surface area contributed by atoms with Crippen molar-refractivity contribution in [3.05, 3.63) is 57.0 Å². The Kier molecular flexibility index (Phi) is 5.18. The van der Waals surface area contributed by atoms with Gasteiger partial charge in [-0.3, -0.25) is 9.78 Å². The van der Waals surface area contributed by atoms with Crippen molar-refractivity contribution in [2.75, 3.05) is 0 Å². The van der Waals surface area contributed by atoms with E-state index in [4.69, 9.17) is 16.3 Å². The van der Waals surface area contributed by atoms with Crippen molar-refractivity contribution in [1.29, 1.82) is 0 Å². The predicted molar refractivity (Wildman–Crippen MR) is 102 cm³/mol. The van der Waals surface area contributed by atoms with Crippen LogP contribution >= 0.6 is 27.5 Å². The molecule has 26 heavy (non-hydrogen) atoms. The van der Waals surface area contributed by atoms with E-state index < -0.39 is 21.7 Å². The van der Waals surface area contributed by atoms with Crippen molar-refractivity contribution < 1.29 is 17.9 Å². The zero-order valence-electron chi connectivity index (χ0n) is 13.9. The molecule has 0 spiro atoms. The Morgan fingerprint density at radius 1 is 1.27 bits per heavy atom. The smallest absolute Gasteiger partial charge is 0.313 e. The standard InChI is InChI=1S/C17H14BrClN2O4S/c1-9(2)17(22)25-15-14-13(20-5-6-21-14)8-26(23,24)16(15)11-7-10(19)3-4-12(11)18/h3-7,9H,8H2,1-2H3. The second kappa shape index (κ2) is 7.09. The van der Waals surface area contributed by atoms with E-state index in [1.807, 2.05) is 0 Å². The fourth-order valence-electron chi connectivity index (χ4n) is 2.44. The van der Waals surface area contributed by atoms with E-state index in [9.17, 15) is 13.2 Å². The minimum atomic E-state index is -3.84. The van der Waals surface area contributed by atoms with E-state index in [2.05, 4.69) is 25.9 Å². The maximum atomic E-state index is 13.0. The van der Waals surface area contributed by atoms with E-state index in [0.717, 1.165) is 0 Å². The van der Waals surface area contributed by atoms with Crippen LogP contribution in [-0.2, 0) is 25.1 Å². The first-order chi connectivity index (χ1) is 12.2. The molecule has 0 N–H and O–H groups in total. The summed E-state index contributed by atoms with van der Waals surface area (Å²) in [7, 11) is -3.84. The number of hydrogen-bond acceptors (Lipinski definition) is 6. The average Bonchev–Trinajstić information content (AvgIpc) is 2.56. The zero-order chi connectivity index (χ0) is 19.1. The van der Waals surface area contributed by atoms with Gasteiger partial charge < -0.3 is 4.74 Å². The molecule has 1 aliphatic rings. The maximum Gasteiger partial charge on any atom is 0.313 e. The van der Waals surface area contributed by atoms with Gasteiger partial charge in [0.05, 0.1) is 17.4 Å². The van der Waals surface area contributed by atoms with Crippen molar-refractivity contribution in [3.8, 4) is 0 Å². The van der Waals surface area contributed by atoms with Crippen LogP contribution in [0.15, 0.2) is 35.1 Å². The van der Waals surface area contributed by atoms with Crippen LogP contribution < -0.4 is 0 Å². The van der Waals surface area contributed by atoms with Crippen LogP contribution in [0.3, 0.4) is 0 Å². The van der Waals surface area contributed by atoms with Crippen LogP contribution in [0.2, 0.25) is 5.02 Å². The first kappa shape index (κ1) is 19.0. The van der Waals surface area contributed by atoms with Gasteiger partial charge in [-0.2, -0.15) is 0 Å². The third kappa shape index (κ3) is 3.54. The molecule has 0 amide bonds. The first-order valence-corrected chi connectivity index (χ1v) is 10.5. The van der Waals surface area contributed by atoms with Crippen molar-refractivity contribution in [2.45, 2.75) is 19.6 Å². The average molecular weight is 458 g/mol. The highest BCUT2D eigenvalue weighted by molar-refractivity contribution is 9.10. The zero-order valence-corrected chi connectivity index (χ0v) is 17.0. The molecule has 136 valence electrons. The molecule has 0 saturated carbocycles. The molecule has 0 aliphatic carbocycles. The van der Waals surface area contributed by atoms with Gasteiger partial charge in [0.15, 0.2) is 15.6 Å². The Labute approximate surface area is 164 Å². The fourth-order valence-corrected chi connectivity index (χ4v) is 4.83. The Balaban J connectivity index is 2.36. The summed E-state index contributed by atoms with van der Waals surface area (Å²) < 4.78 is 32.0. The molecule has 0 saturated heterocycles. The van der Waals surface area contributed by atoms with Gasteiger partial charge in [0.1, 0.15) is 10.6 Å². The van der Waals surface area contributed by atoms with Crippen LogP contribution in [0, 0.1) is 5.92 Å². The highest BCUT2D eigenvalue weighted by Gasteiger charge is 2.37. The number of carbonyl (C=O) groups is 1. The number of rotatable bonds is 3. The largest absolute Gasteiger partial charge is 0.423 e. The molecule has 0 fully saturated rings. The summed E-state index contributed by atoms with van der Waals surface area (Å²) in [6, 6.07) is 4.76. The third-order valence-electron chi connectivity index (χ3n) is 3.68. The predicted octanol–water partition coefficient (Wildman–Crippen LogP) is 3.85. The Morgan fingerprint density at radius 2 is 1.96 bits per heavy atom. The number of halogens is 2. The first-order valence-electron chi connectivity index (χ1n) is 7.65. The molecule has 2 heterocycles. The van der Waals surface area contributed by atoms with Gasteiger partial charge in [0.2, 0.25) is 0 Å². The van der Waals surface area contributed by atoms with E-state index in [0.29, 0.717) is 15.1 Å². The minimum absolute atomic E-state index is 0.124. The summed E-state index contributed by atoms with van der Waals surface area (Å²) in [5, 5.41) is 0.352. The lowest BCUT2D eigenvalue weighted by Gasteiger charge is -2.22. The lowest BCUT2D eigenvalue weighted by Crippen LogP contribution is -2.22. The summed E-state index contributed by atoms with van der Waals surface area (Å²) in [6.07, 6.45) is 2.82. The lowest BCUT2D eigenvalue weighted by molar-refractivity contribution is -0.140. The molecule has 3 rings (SSSR count). The molecule has 0 atom stereocenters. The molecule has 1 aromatic carbocycles. The van der Waals surface area contributed by atoms with Crippen LogP contribution in [-0.4, -0.2) is 24.4 Å². The Bertz CT molecular complexity index is 1030. The van der Waals surface area contributed by atoms with E-state index in [1.165, 1.54) is 18.5 Å². The molecule has 6 nitrogen and oxygen atoms in total. The molecule has 1 aromatic heterocycles. The highest BCUT2D eigenvalue weighted by Crippen LogP contribution is 2.41. The molecule has 0 bridgehead atoms. The normalized spacial score (nSPS) is 15.7. The Morgan fingerprint density at radius 3 is 2.65 bits per heavy atom.